The third-order valence-electron chi connectivity index (χ3n) is 3.88. The molecule has 2 aromatic carbocycles. The smallest absolute Gasteiger partial charge is 0.417 e. The predicted octanol–water partition coefficient (Wildman–Crippen LogP) is 0.326. The molecular formula is C21H27N3O7. The van der Waals surface area contributed by atoms with Gasteiger partial charge in [-0.05, 0) is 17.7 Å². The minimum Gasteiger partial charge on any atom is -0.490 e. The number of carboxylic acids is 1. The van der Waals surface area contributed by atoms with Crippen LogP contribution in [0.15, 0.2) is 60.7 Å². The summed E-state index contributed by atoms with van der Waals surface area (Å²) in [5, 5.41) is 17.2. The number of para-hydroxylation sites is 1. The molecule has 0 saturated carbocycles. The molecule has 0 fully saturated rings. The Morgan fingerprint density at radius 1 is 0.903 bits per heavy atom. The molecule has 2 aromatic rings. The number of urea groups is 1. The second-order valence-corrected chi connectivity index (χ2v) is 6.26. The van der Waals surface area contributed by atoms with Gasteiger partial charge in [-0.3, -0.25) is 0 Å². The summed E-state index contributed by atoms with van der Waals surface area (Å²) >= 11 is 0. The fraction of sp³-hybridized carbons (Fsp3) is 0.286. The van der Waals surface area contributed by atoms with Gasteiger partial charge in [-0.2, -0.15) is 0 Å². The van der Waals surface area contributed by atoms with Crippen LogP contribution in [0.3, 0.4) is 0 Å². The predicted molar refractivity (Wildman–Crippen MR) is 113 cm³/mol. The van der Waals surface area contributed by atoms with E-state index in [4.69, 9.17) is 14.6 Å². The van der Waals surface area contributed by atoms with Crippen LogP contribution in [0.25, 0.3) is 0 Å². The number of carboxylic acid groups (broad SMARTS) is 1. The lowest BCUT2D eigenvalue weighted by molar-refractivity contribution is -0.168. The van der Waals surface area contributed by atoms with E-state index in [9.17, 15) is 14.4 Å². The van der Waals surface area contributed by atoms with E-state index in [0.29, 0.717) is 25.4 Å². The van der Waals surface area contributed by atoms with Crippen molar-refractivity contribution in [2.75, 3.05) is 26.2 Å². The molecule has 10 heteroatoms. The first-order valence-corrected chi connectivity index (χ1v) is 9.42. The summed E-state index contributed by atoms with van der Waals surface area (Å²) in [6.07, 6.45) is -0.805. The van der Waals surface area contributed by atoms with Crippen molar-refractivity contribution in [3.8, 4) is 5.75 Å². The highest BCUT2D eigenvalue weighted by Gasteiger charge is 2.20. The number of amides is 2. The average Bonchev–Trinajstić information content (AvgIpc) is 2.76. The molecule has 2 amide bonds. The second kappa shape index (κ2) is 14.4. The van der Waals surface area contributed by atoms with Crippen molar-refractivity contribution in [1.82, 2.24) is 16.0 Å². The van der Waals surface area contributed by atoms with E-state index in [1.54, 1.807) is 24.3 Å². The molecule has 0 bridgehead atoms. The van der Waals surface area contributed by atoms with Gasteiger partial charge in [0.25, 0.3) is 0 Å². The number of ether oxygens (including phenoxy) is 2. The van der Waals surface area contributed by atoms with Gasteiger partial charge in [-0.25, -0.2) is 14.4 Å². The second-order valence-electron chi connectivity index (χ2n) is 6.26. The lowest BCUT2D eigenvalue weighted by Crippen LogP contribution is -2.42. The van der Waals surface area contributed by atoms with E-state index in [-0.39, 0.29) is 24.7 Å². The maximum Gasteiger partial charge on any atom is 0.417 e. The zero-order chi connectivity index (χ0) is 21.6. The van der Waals surface area contributed by atoms with Gasteiger partial charge in [-0.15, -0.1) is 0 Å². The fourth-order valence-corrected chi connectivity index (χ4v) is 2.41. The number of esters is 1. The Labute approximate surface area is 179 Å². The molecule has 0 aliphatic heterocycles. The number of nitrogens with one attached hydrogen (secondary N) is 3. The monoisotopic (exact) mass is 433 g/mol. The van der Waals surface area contributed by atoms with Crippen LogP contribution in [0.5, 0.6) is 5.75 Å². The molecule has 168 valence electrons. The van der Waals surface area contributed by atoms with Gasteiger partial charge in [0, 0.05) is 26.2 Å². The number of carbonyl (C=O) groups is 3. The Bertz CT molecular complexity index is 803. The first-order valence-electron chi connectivity index (χ1n) is 9.42. The summed E-state index contributed by atoms with van der Waals surface area (Å²) in [5.74, 6) is -2.45. The Balaban J connectivity index is 0.00000480. The van der Waals surface area contributed by atoms with E-state index in [1.807, 2.05) is 36.4 Å². The maximum atomic E-state index is 11.8. The molecule has 0 radical (unpaired) electrons. The lowest BCUT2D eigenvalue weighted by atomic mass is 10.2. The van der Waals surface area contributed by atoms with Gasteiger partial charge >= 0.3 is 18.0 Å². The van der Waals surface area contributed by atoms with Crippen LogP contribution in [0.1, 0.15) is 5.56 Å². The largest absolute Gasteiger partial charge is 0.490 e. The minimum atomic E-state index is -1.67. The summed E-state index contributed by atoms with van der Waals surface area (Å²) in [6, 6.07) is 18.1. The van der Waals surface area contributed by atoms with Crippen LogP contribution in [0.4, 0.5) is 4.79 Å². The fourth-order valence-electron chi connectivity index (χ4n) is 2.41. The van der Waals surface area contributed by atoms with Crippen LogP contribution in [-0.4, -0.2) is 60.9 Å². The quantitative estimate of drug-likeness (QED) is 0.226. The molecule has 1 atom stereocenters. The molecule has 0 heterocycles. The third-order valence-corrected chi connectivity index (χ3v) is 3.88. The van der Waals surface area contributed by atoms with Crippen LogP contribution in [-0.2, 0) is 20.9 Å². The highest BCUT2D eigenvalue weighted by molar-refractivity contribution is 6.28. The van der Waals surface area contributed by atoms with E-state index in [2.05, 4.69) is 16.0 Å². The van der Waals surface area contributed by atoms with Gasteiger partial charge in [0.1, 0.15) is 18.5 Å². The van der Waals surface area contributed by atoms with E-state index in [1.165, 1.54) is 0 Å². The first-order chi connectivity index (χ1) is 14.5. The van der Waals surface area contributed by atoms with Crippen molar-refractivity contribution in [2.24, 2.45) is 0 Å². The maximum absolute atomic E-state index is 11.8. The van der Waals surface area contributed by atoms with Gasteiger partial charge in [-0.1, -0.05) is 48.5 Å². The third kappa shape index (κ3) is 10.6. The zero-order valence-electron chi connectivity index (χ0n) is 16.9. The van der Waals surface area contributed by atoms with Crippen molar-refractivity contribution in [1.29, 1.82) is 0 Å². The number of aliphatic carboxylic acids is 1. The van der Waals surface area contributed by atoms with Gasteiger partial charge in [0.05, 0.1) is 0 Å². The van der Waals surface area contributed by atoms with Crippen LogP contribution in [0.2, 0.25) is 0 Å². The Kier molecular flexibility index (Phi) is 11.8. The summed E-state index contributed by atoms with van der Waals surface area (Å²) in [7, 11) is 0. The molecule has 31 heavy (non-hydrogen) atoms. The highest BCUT2D eigenvalue weighted by atomic mass is 16.6. The molecule has 0 aliphatic carbocycles. The number of hydrogen-bond acceptors (Lipinski definition) is 6. The molecule has 0 spiro atoms. The van der Waals surface area contributed by atoms with Crippen molar-refractivity contribution < 1.29 is 34.4 Å². The van der Waals surface area contributed by atoms with Gasteiger partial charge < -0.3 is 36.0 Å². The minimum absolute atomic E-state index is 0. The number of benzene rings is 2. The molecule has 0 saturated heterocycles. The summed E-state index contributed by atoms with van der Waals surface area (Å²) < 4.78 is 10.5. The standard InChI is InChI=1S/C21H25N3O6.H2O/c25-19(26)20(27)30-18(15-29-17-9-5-2-6-10-17)14-22-11-12-23-21(28)24-13-16-7-3-1-4-8-16;/h1-10,18,22H,11-15H2,(H,25,26)(H2,23,24,28);1H2. The molecule has 6 N–H and O–H groups in total. The topological polar surface area (TPSA) is 157 Å². The first kappa shape index (κ1) is 25.4. The van der Waals surface area contributed by atoms with E-state index in [0.717, 1.165) is 5.56 Å². The normalized spacial score (nSPS) is 10.8. The Morgan fingerprint density at radius 2 is 1.55 bits per heavy atom. The van der Waals surface area contributed by atoms with Gasteiger partial charge in [0.2, 0.25) is 0 Å². The highest BCUT2D eigenvalue weighted by Crippen LogP contribution is 2.09. The Morgan fingerprint density at radius 3 is 2.19 bits per heavy atom. The molecule has 2 rings (SSSR count). The Hall–Kier alpha value is -3.63. The van der Waals surface area contributed by atoms with Crippen LogP contribution in [0, 0.1) is 0 Å². The summed E-state index contributed by atoms with van der Waals surface area (Å²) in [4.78, 5) is 33.9. The van der Waals surface area contributed by atoms with Crippen LogP contribution < -0.4 is 20.7 Å². The van der Waals surface area contributed by atoms with Gasteiger partial charge in [0.15, 0.2) is 0 Å². The zero-order valence-corrected chi connectivity index (χ0v) is 16.9. The lowest BCUT2D eigenvalue weighted by Gasteiger charge is -2.18. The average molecular weight is 433 g/mol. The number of carbonyl (C=O) groups excluding carboxylic acids is 2. The van der Waals surface area contributed by atoms with Crippen molar-refractivity contribution in [3.63, 3.8) is 0 Å². The summed E-state index contributed by atoms with van der Waals surface area (Å²) in [5.41, 5.74) is 0.993. The van der Waals surface area contributed by atoms with E-state index >= 15 is 0 Å². The summed E-state index contributed by atoms with van der Waals surface area (Å²) in [6.45, 7) is 1.30. The van der Waals surface area contributed by atoms with Crippen molar-refractivity contribution in [3.05, 3.63) is 66.2 Å². The molecule has 0 aromatic heterocycles. The SMILES string of the molecule is O.O=C(NCCNCC(COc1ccccc1)OC(=O)C(=O)O)NCc1ccccc1. The molecule has 10 nitrogen and oxygen atoms in total. The number of rotatable bonds is 11. The van der Waals surface area contributed by atoms with Crippen LogP contribution >= 0.6 is 0 Å². The molecule has 1 unspecified atom stereocenters. The van der Waals surface area contributed by atoms with E-state index < -0.39 is 18.0 Å². The van der Waals surface area contributed by atoms with Crippen molar-refractivity contribution in [2.45, 2.75) is 12.6 Å². The van der Waals surface area contributed by atoms with Crippen molar-refractivity contribution >= 4 is 18.0 Å². The molecular weight excluding hydrogens is 406 g/mol. The number of hydrogen-bond donors (Lipinski definition) is 4. The molecule has 0 aliphatic rings.